The molecule has 0 saturated carbocycles. The third-order valence-electron chi connectivity index (χ3n) is 2.64. The van der Waals surface area contributed by atoms with Crippen LogP contribution in [-0.2, 0) is 0 Å². The Morgan fingerprint density at radius 1 is 1.32 bits per heavy atom. The molecule has 94 valence electrons. The molecule has 2 aromatic rings. The quantitative estimate of drug-likeness (QED) is 0.786. The summed E-state index contributed by atoms with van der Waals surface area (Å²) in [4.78, 5) is 15.1. The van der Waals surface area contributed by atoms with Gasteiger partial charge in [-0.1, -0.05) is 6.07 Å². The Morgan fingerprint density at radius 2 is 2.11 bits per heavy atom. The van der Waals surface area contributed by atoms with E-state index in [9.17, 15) is 4.79 Å². The topological polar surface area (TPSA) is 63.0 Å². The van der Waals surface area contributed by atoms with E-state index in [4.69, 9.17) is 10.00 Å². The highest BCUT2D eigenvalue weighted by atomic mass is 16.5. The van der Waals surface area contributed by atoms with E-state index < -0.39 is 0 Å². The molecule has 0 bridgehead atoms. The molecular weight excluding hydrogens is 240 g/mol. The molecule has 19 heavy (non-hydrogen) atoms. The minimum atomic E-state index is -0.0887. The van der Waals surface area contributed by atoms with Gasteiger partial charge in [-0.15, -0.1) is 0 Å². The normalized spacial score (nSPS) is 9.74. The van der Waals surface area contributed by atoms with Gasteiger partial charge in [-0.3, -0.25) is 4.79 Å². The lowest BCUT2D eigenvalue weighted by molar-refractivity contribution is 0.101. The maximum Gasteiger partial charge on any atom is 0.178 e. The van der Waals surface area contributed by atoms with Crippen LogP contribution in [-0.4, -0.2) is 10.8 Å². The largest absolute Gasteiger partial charge is 0.455 e. The van der Waals surface area contributed by atoms with Crippen LogP contribution in [0.4, 0.5) is 0 Å². The Morgan fingerprint density at radius 3 is 2.68 bits per heavy atom. The summed E-state index contributed by atoms with van der Waals surface area (Å²) in [5, 5.41) is 8.86. The SMILES string of the molecule is CC(=O)c1ccc(Oc2cc(C#N)ccc2C)cn1. The molecule has 4 nitrogen and oxygen atoms in total. The number of ether oxygens (including phenoxy) is 1. The molecule has 0 N–H and O–H groups in total. The molecule has 1 aromatic heterocycles. The van der Waals surface area contributed by atoms with Crippen molar-refractivity contribution in [3.8, 4) is 17.6 Å². The zero-order chi connectivity index (χ0) is 13.8. The van der Waals surface area contributed by atoms with Crippen molar-refractivity contribution in [2.24, 2.45) is 0 Å². The second-order valence-electron chi connectivity index (χ2n) is 4.13. The van der Waals surface area contributed by atoms with Crippen LogP contribution < -0.4 is 4.74 Å². The van der Waals surface area contributed by atoms with Gasteiger partial charge in [0.25, 0.3) is 0 Å². The van der Waals surface area contributed by atoms with Gasteiger partial charge in [0.2, 0.25) is 0 Å². The van der Waals surface area contributed by atoms with Crippen LogP contribution in [0.1, 0.15) is 28.5 Å². The summed E-state index contributed by atoms with van der Waals surface area (Å²) in [6, 6.07) is 10.6. The fourth-order valence-electron chi connectivity index (χ4n) is 1.56. The average molecular weight is 252 g/mol. The number of Topliss-reactive ketones (excluding diaryl/α,β-unsaturated/α-hetero) is 1. The number of pyridine rings is 1. The van der Waals surface area contributed by atoms with Crippen molar-refractivity contribution in [2.45, 2.75) is 13.8 Å². The zero-order valence-electron chi connectivity index (χ0n) is 10.7. The number of carbonyl (C=O) groups excluding carboxylic acids is 1. The van der Waals surface area contributed by atoms with Crippen molar-refractivity contribution in [3.05, 3.63) is 53.3 Å². The number of nitrogens with zero attached hydrogens (tertiary/aromatic N) is 2. The van der Waals surface area contributed by atoms with Crippen LogP contribution in [0.15, 0.2) is 36.5 Å². The smallest absolute Gasteiger partial charge is 0.178 e. The van der Waals surface area contributed by atoms with Gasteiger partial charge in [-0.2, -0.15) is 5.26 Å². The van der Waals surface area contributed by atoms with E-state index in [1.54, 1.807) is 24.3 Å². The Kier molecular flexibility index (Phi) is 3.58. The second-order valence-corrected chi connectivity index (χ2v) is 4.13. The summed E-state index contributed by atoms with van der Waals surface area (Å²) in [6.07, 6.45) is 1.50. The molecule has 0 radical (unpaired) electrons. The van der Waals surface area contributed by atoms with Gasteiger partial charge in [-0.05, 0) is 36.8 Å². The summed E-state index contributed by atoms with van der Waals surface area (Å²) in [7, 11) is 0. The molecule has 0 spiro atoms. The molecule has 1 aromatic carbocycles. The molecule has 4 heteroatoms. The van der Waals surface area contributed by atoms with Crippen molar-refractivity contribution in [1.82, 2.24) is 4.98 Å². The minimum Gasteiger partial charge on any atom is -0.455 e. The molecule has 0 aliphatic heterocycles. The highest BCUT2D eigenvalue weighted by molar-refractivity contribution is 5.92. The van der Waals surface area contributed by atoms with Gasteiger partial charge >= 0.3 is 0 Å². The Hall–Kier alpha value is -2.67. The molecular formula is C15H12N2O2. The second kappa shape index (κ2) is 5.32. The molecule has 0 fully saturated rings. The Balaban J connectivity index is 2.26. The first kappa shape index (κ1) is 12.8. The summed E-state index contributed by atoms with van der Waals surface area (Å²) in [5.74, 6) is 1.05. The number of aryl methyl sites for hydroxylation is 1. The van der Waals surface area contributed by atoms with Crippen LogP contribution in [0.2, 0.25) is 0 Å². The maximum absolute atomic E-state index is 11.1. The summed E-state index contributed by atoms with van der Waals surface area (Å²) in [5.41, 5.74) is 1.86. The van der Waals surface area contributed by atoms with E-state index in [1.807, 2.05) is 13.0 Å². The van der Waals surface area contributed by atoms with Crippen LogP contribution in [0.5, 0.6) is 11.5 Å². The molecule has 0 saturated heterocycles. The van der Waals surface area contributed by atoms with Crippen molar-refractivity contribution < 1.29 is 9.53 Å². The first-order chi connectivity index (χ1) is 9.10. The van der Waals surface area contributed by atoms with Crippen LogP contribution in [0.25, 0.3) is 0 Å². The first-order valence-corrected chi connectivity index (χ1v) is 5.76. The number of aromatic nitrogens is 1. The molecule has 0 aliphatic rings. The lowest BCUT2D eigenvalue weighted by Gasteiger charge is -2.08. The number of rotatable bonds is 3. The van der Waals surface area contributed by atoms with E-state index in [1.165, 1.54) is 13.1 Å². The number of hydrogen-bond acceptors (Lipinski definition) is 4. The number of hydrogen-bond donors (Lipinski definition) is 0. The summed E-state index contributed by atoms with van der Waals surface area (Å²) >= 11 is 0. The molecule has 0 atom stereocenters. The molecule has 2 rings (SSSR count). The van der Waals surface area contributed by atoms with Gasteiger partial charge < -0.3 is 4.74 Å². The standard InChI is InChI=1S/C15H12N2O2/c1-10-3-4-12(8-16)7-15(10)19-13-5-6-14(11(2)18)17-9-13/h3-7,9H,1-2H3. The van der Waals surface area contributed by atoms with Crippen LogP contribution in [0, 0.1) is 18.3 Å². The summed E-state index contributed by atoms with van der Waals surface area (Å²) < 4.78 is 5.66. The number of nitriles is 1. The van der Waals surface area contributed by atoms with Gasteiger partial charge in [0, 0.05) is 6.92 Å². The van der Waals surface area contributed by atoms with E-state index in [0.717, 1.165) is 5.56 Å². The molecule has 0 aliphatic carbocycles. The van der Waals surface area contributed by atoms with Gasteiger partial charge in [0.15, 0.2) is 5.78 Å². The van der Waals surface area contributed by atoms with Crippen molar-refractivity contribution in [3.63, 3.8) is 0 Å². The lowest BCUT2D eigenvalue weighted by atomic mass is 10.1. The maximum atomic E-state index is 11.1. The van der Waals surface area contributed by atoms with Crippen molar-refractivity contribution in [1.29, 1.82) is 5.26 Å². The van der Waals surface area contributed by atoms with E-state index in [-0.39, 0.29) is 5.78 Å². The minimum absolute atomic E-state index is 0.0887. The Labute approximate surface area is 111 Å². The molecule has 0 unspecified atom stereocenters. The van der Waals surface area contributed by atoms with Crippen LogP contribution >= 0.6 is 0 Å². The van der Waals surface area contributed by atoms with Crippen molar-refractivity contribution in [2.75, 3.05) is 0 Å². The Bertz CT molecular complexity index is 655. The van der Waals surface area contributed by atoms with Crippen molar-refractivity contribution >= 4 is 5.78 Å². The predicted octanol–water partition coefficient (Wildman–Crippen LogP) is 3.26. The number of carbonyl (C=O) groups is 1. The van der Waals surface area contributed by atoms with Gasteiger partial charge in [0.05, 0.1) is 17.8 Å². The van der Waals surface area contributed by atoms with Gasteiger partial charge in [0.1, 0.15) is 17.2 Å². The van der Waals surface area contributed by atoms with Crippen LogP contribution in [0.3, 0.4) is 0 Å². The fraction of sp³-hybridized carbons (Fsp3) is 0.133. The van der Waals surface area contributed by atoms with E-state index >= 15 is 0 Å². The third-order valence-corrected chi connectivity index (χ3v) is 2.64. The predicted molar refractivity (Wildman–Crippen MR) is 70.2 cm³/mol. The van der Waals surface area contributed by atoms with Gasteiger partial charge in [-0.25, -0.2) is 4.98 Å². The summed E-state index contributed by atoms with van der Waals surface area (Å²) in [6.45, 7) is 3.36. The highest BCUT2D eigenvalue weighted by Gasteiger charge is 2.05. The van der Waals surface area contributed by atoms with E-state index in [0.29, 0.717) is 22.8 Å². The fourth-order valence-corrected chi connectivity index (χ4v) is 1.56. The molecule has 0 amide bonds. The monoisotopic (exact) mass is 252 g/mol. The first-order valence-electron chi connectivity index (χ1n) is 5.76. The molecule has 1 heterocycles. The third kappa shape index (κ3) is 2.96. The van der Waals surface area contributed by atoms with E-state index in [2.05, 4.69) is 11.1 Å². The number of benzene rings is 1. The number of ketones is 1. The lowest BCUT2D eigenvalue weighted by Crippen LogP contribution is -1.96. The average Bonchev–Trinajstić information content (AvgIpc) is 2.42. The highest BCUT2D eigenvalue weighted by Crippen LogP contribution is 2.25. The zero-order valence-corrected chi connectivity index (χ0v) is 10.7.